The van der Waals surface area contributed by atoms with Crippen molar-refractivity contribution in [2.45, 2.75) is 13.0 Å². The Bertz CT molecular complexity index is 483. The highest BCUT2D eigenvalue weighted by Crippen LogP contribution is 2.32. The first-order chi connectivity index (χ1) is 10.8. The van der Waals surface area contributed by atoms with Crippen LogP contribution in [0.2, 0.25) is 0 Å². The smallest absolute Gasteiger partial charge is 0.217 e. The lowest BCUT2D eigenvalue weighted by molar-refractivity contribution is 0.102. The molecule has 2 aliphatic heterocycles. The Kier molecular flexibility index (Phi) is 5.28. The van der Waals surface area contributed by atoms with Crippen LogP contribution in [0.15, 0.2) is 18.3 Å². The first-order valence-corrected chi connectivity index (χ1v) is 8.21. The molecular formula is C17H27N3O2. The fourth-order valence-electron chi connectivity index (χ4n) is 3.86. The monoisotopic (exact) mass is 305 g/mol. The molecule has 2 aliphatic rings. The standard InChI is InChI=1S/C17H27N3O2/c1-21-9-8-19-7-5-14-10-20(13-16(14)12-19)11-15-4-3-6-18-17(15)22-2/h3-4,6,14,16H,5,7-13H2,1-2H3/t14-,16+/m0/s1. The van der Waals surface area contributed by atoms with Gasteiger partial charge in [-0.15, -0.1) is 0 Å². The lowest BCUT2D eigenvalue weighted by Gasteiger charge is -2.34. The van der Waals surface area contributed by atoms with E-state index in [1.54, 1.807) is 20.4 Å². The van der Waals surface area contributed by atoms with Crippen LogP contribution in [0.5, 0.6) is 5.88 Å². The van der Waals surface area contributed by atoms with E-state index in [1.165, 1.54) is 38.2 Å². The van der Waals surface area contributed by atoms with Gasteiger partial charge < -0.3 is 14.4 Å². The largest absolute Gasteiger partial charge is 0.481 e. The molecule has 0 aliphatic carbocycles. The summed E-state index contributed by atoms with van der Waals surface area (Å²) in [5, 5.41) is 0. The lowest BCUT2D eigenvalue weighted by atomic mass is 9.89. The van der Waals surface area contributed by atoms with Crippen LogP contribution in [0.4, 0.5) is 0 Å². The normalized spacial score (nSPS) is 26.1. The number of hydrogen-bond acceptors (Lipinski definition) is 5. The van der Waals surface area contributed by atoms with E-state index in [0.29, 0.717) is 0 Å². The van der Waals surface area contributed by atoms with Crippen LogP contribution in [0.1, 0.15) is 12.0 Å². The number of piperidine rings is 1. The number of methoxy groups -OCH3 is 2. The minimum atomic E-state index is 0.763. The Hall–Kier alpha value is -1.17. The Morgan fingerprint density at radius 2 is 2.00 bits per heavy atom. The van der Waals surface area contributed by atoms with E-state index in [1.807, 2.05) is 6.07 Å². The molecule has 3 rings (SSSR count). The number of hydrogen-bond donors (Lipinski definition) is 0. The van der Waals surface area contributed by atoms with Gasteiger partial charge in [0.1, 0.15) is 0 Å². The Morgan fingerprint density at radius 1 is 1.18 bits per heavy atom. The third-order valence-electron chi connectivity index (χ3n) is 5.01. The number of likely N-dealkylation sites (tertiary alicyclic amines) is 2. The van der Waals surface area contributed by atoms with Gasteiger partial charge in [0.05, 0.1) is 13.7 Å². The highest BCUT2D eigenvalue weighted by Gasteiger charge is 2.36. The van der Waals surface area contributed by atoms with Gasteiger partial charge >= 0.3 is 0 Å². The fraction of sp³-hybridized carbons (Fsp3) is 0.706. The molecule has 0 radical (unpaired) electrons. The predicted molar refractivity (Wildman–Crippen MR) is 86.0 cm³/mol. The second kappa shape index (κ2) is 7.40. The highest BCUT2D eigenvalue weighted by atomic mass is 16.5. The average molecular weight is 305 g/mol. The molecule has 2 atom stereocenters. The van der Waals surface area contributed by atoms with E-state index in [4.69, 9.17) is 9.47 Å². The maximum absolute atomic E-state index is 5.38. The van der Waals surface area contributed by atoms with Crippen molar-refractivity contribution in [2.24, 2.45) is 11.8 Å². The van der Waals surface area contributed by atoms with E-state index in [0.717, 1.165) is 37.4 Å². The predicted octanol–water partition coefficient (Wildman–Crippen LogP) is 1.49. The summed E-state index contributed by atoms with van der Waals surface area (Å²) in [4.78, 5) is 9.42. The molecule has 5 nitrogen and oxygen atoms in total. The van der Waals surface area contributed by atoms with Crippen molar-refractivity contribution in [3.05, 3.63) is 23.9 Å². The van der Waals surface area contributed by atoms with Crippen LogP contribution in [0.25, 0.3) is 0 Å². The molecule has 0 N–H and O–H groups in total. The number of nitrogens with zero attached hydrogens (tertiary/aromatic N) is 3. The van der Waals surface area contributed by atoms with Crippen LogP contribution < -0.4 is 4.74 Å². The van der Waals surface area contributed by atoms with Crippen LogP contribution in [0.3, 0.4) is 0 Å². The number of aromatic nitrogens is 1. The summed E-state index contributed by atoms with van der Waals surface area (Å²) >= 11 is 0. The minimum absolute atomic E-state index is 0.763. The van der Waals surface area contributed by atoms with Crippen LogP contribution >= 0.6 is 0 Å². The van der Waals surface area contributed by atoms with Gasteiger partial charge in [-0.2, -0.15) is 0 Å². The fourth-order valence-corrected chi connectivity index (χ4v) is 3.86. The number of pyridine rings is 1. The maximum Gasteiger partial charge on any atom is 0.217 e. The van der Waals surface area contributed by atoms with Crippen molar-refractivity contribution in [1.82, 2.24) is 14.8 Å². The Balaban J connectivity index is 1.56. The Morgan fingerprint density at radius 3 is 2.82 bits per heavy atom. The number of rotatable bonds is 6. The molecule has 2 saturated heterocycles. The molecule has 22 heavy (non-hydrogen) atoms. The molecule has 0 bridgehead atoms. The molecule has 2 fully saturated rings. The molecule has 1 aromatic rings. The van der Waals surface area contributed by atoms with Gasteiger partial charge in [-0.1, -0.05) is 6.07 Å². The highest BCUT2D eigenvalue weighted by molar-refractivity contribution is 5.25. The van der Waals surface area contributed by atoms with Gasteiger partial charge in [-0.3, -0.25) is 4.90 Å². The van der Waals surface area contributed by atoms with Crippen LogP contribution in [-0.2, 0) is 11.3 Å². The summed E-state index contributed by atoms with van der Waals surface area (Å²) < 4.78 is 10.6. The van der Waals surface area contributed by atoms with Gasteiger partial charge in [-0.05, 0) is 30.9 Å². The third-order valence-corrected chi connectivity index (χ3v) is 5.01. The molecule has 0 spiro atoms. The van der Waals surface area contributed by atoms with Crippen molar-refractivity contribution in [1.29, 1.82) is 0 Å². The zero-order chi connectivity index (χ0) is 15.4. The van der Waals surface area contributed by atoms with Crippen molar-refractivity contribution in [2.75, 3.05) is 53.6 Å². The van der Waals surface area contributed by atoms with E-state index < -0.39 is 0 Å². The van der Waals surface area contributed by atoms with Gasteiger partial charge in [0, 0.05) is 51.6 Å². The topological polar surface area (TPSA) is 37.8 Å². The molecule has 0 unspecified atom stereocenters. The second-order valence-electron chi connectivity index (χ2n) is 6.47. The van der Waals surface area contributed by atoms with E-state index in [9.17, 15) is 0 Å². The van der Waals surface area contributed by atoms with Gasteiger partial charge in [0.25, 0.3) is 0 Å². The minimum Gasteiger partial charge on any atom is -0.481 e. The zero-order valence-electron chi connectivity index (χ0n) is 13.7. The molecule has 0 aromatic carbocycles. The number of ether oxygens (including phenoxy) is 2. The zero-order valence-corrected chi connectivity index (χ0v) is 13.7. The first kappa shape index (κ1) is 15.7. The van der Waals surface area contributed by atoms with Crippen molar-refractivity contribution in [3.8, 4) is 5.88 Å². The first-order valence-electron chi connectivity index (χ1n) is 8.21. The van der Waals surface area contributed by atoms with Crippen molar-refractivity contribution >= 4 is 0 Å². The summed E-state index contributed by atoms with van der Waals surface area (Å²) in [6.45, 7) is 7.68. The number of fused-ring (bicyclic) bond motifs is 1. The molecule has 5 heteroatoms. The summed E-state index contributed by atoms with van der Waals surface area (Å²) in [6, 6.07) is 4.12. The summed E-state index contributed by atoms with van der Waals surface area (Å²) in [6.07, 6.45) is 3.11. The molecule has 0 amide bonds. The van der Waals surface area contributed by atoms with Gasteiger partial charge in [0.2, 0.25) is 5.88 Å². The molecule has 1 aromatic heterocycles. The van der Waals surface area contributed by atoms with Crippen molar-refractivity contribution in [3.63, 3.8) is 0 Å². The van der Waals surface area contributed by atoms with E-state index >= 15 is 0 Å². The Labute approximate surface area is 133 Å². The third kappa shape index (κ3) is 3.59. The van der Waals surface area contributed by atoms with E-state index in [-0.39, 0.29) is 0 Å². The van der Waals surface area contributed by atoms with Gasteiger partial charge in [0.15, 0.2) is 0 Å². The van der Waals surface area contributed by atoms with Crippen LogP contribution in [0, 0.1) is 11.8 Å². The van der Waals surface area contributed by atoms with Crippen LogP contribution in [-0.4, -0.2) is 68.3 Å². The van der Waals surface area contributed by atoms with E-state index in [2.05, 4.69) is 20.9 Å². The SMILES string of the molecule is COCCN1CC[C@H]2CN(Cc3cccnc3OC)C[C@H]2C1. The molecule has 0 saturated carbocycles. The van der Waals surface area contributed by atoms with Gasteiger partial charge in [-0.25, -0.2) is 4.98 Å². The summed E-state index contributed by atoms with van der Waals surface area (Å²) in [7, 11) is 3.48. The second-order valence-corrected chi connectivity index (χ2v) is 6.47. The molecule has 3 heterocycles. The summed E-state index contributed by atoms with van der Waals surface area (Å²) in [5.41, 5.74) is 1.19. The average Bonchev–Trinajstić information content (AvgIpc) is 2.95. The van der Waals surface area contributed by atoms with Crippen molar-refractivity contribution < 1.29 is 9.47 Å². The maximum atomic E-state index is 5.38. The lowest BCUT2D eigenvalue weighted by Crippen LogP contribution is -2.41. The quantitative estimate of drug-likeness (QED) is 0.796. The summed E-state index contributed by atoms with van der Waals surface area (Å²) in [5.74, 6) is 2.41. The molecular weight excluding hydrogens is 278 g/mol. The molecule has 122 valence electrons.